The van der Waals surface area contributed by atoms with Gasteiger partial charge in [0.2, 0.25) is 0 Å². The average molecular weight is 411 g/mol. The summed E-state index contributed by atoms with van der Waals surface area (Å²) in [5, 5.41) is 11.7. The average Bonchev–Trinajstić information content (AvgIpc) is 2.72. The number of nitrogens with zero attached hydrogens (tertiary/aromatic N) is 3. The second kappa shape index (κ2) is 7.61. The van der Waals surface area contributed by atoms with E-state index < -0.39 is 5.60 Å². The molecule has 0 aliphatic carbocycles. The molecule has 1 aliphatic heterocycles. The minimum absolute atomic E-state index is 0.133. The van der Waals surface area contributed by atoms with Gasteiger partial charge in [-0.05, 0) is 44.9 Å². The van der Waals surface area contributed by atoms with Crippen LogP contribution in [0.25, 0.3) is 11.4 Å². The third-order valence-corrected chi connectivity index (χ3v) is 6.04. The lowest BCUT2D eigenvalue weighted by molar-refractivity contribution is 0.0117. The maximum Gasteiger partial charge on any atom is 0.254 e. The zero-order valence-electron chi connectivity index (χ0n) is 16.4. The van der Waals surface area contributed by atoms with Crippen LogP contribution in [0.3, 0.4) is 0 Å². The molecule has 0 amide bonds. The molecule has 1 saturated heterocycles. The summed E-state index contributed by atoms with van der Waals surface area (Å²) in [4.78, 5) is 25.9. The summed E-state index contributed by atoms with van der Waals surface area (Å²) in [5.74, 6) is 1.35. The van der Waals surface area contributed by atoms with Crippen molar-refractivity contribution < 1.29 is 5.11 Å². The van der Waals surface area contributed by atoms with Gasteiger partial charge in [-0.15, -0.1) is 0 Å². The van der Waals surface area contributed by atoms with E-state index in [0.29, 0.717) is 48.0 Å². The van der Waals surface area contributed by atoms with Crippen LogP contribution in [0.2, 0.25) is 5.02 Å². The molecule has 0 bridgehead atoms. The highest BCUT2D eigenvalue weighted by Crippen LogP contribution is 2.37. The Kier molecular flexibility index (Phi) is 5.15. The third kappa shape index (κ3) is 3.78. The van der Waals surface area contributed by atoms with Crippen molar-refractivity contribution in [1.29, 1.82) is 0 Å². The van der Waals surface area contributed by atoms with Gasteiger partial charge in [0.05, 0.1) is 5.60 Å². The van der Waals surface area contributed by atoms with E-state index in [2.05, 4.69) is 19.9 Å². The van der Waals surface area contributed by atoms with Crippen LogP contribution in [0.4, 0.5) is 5.82 Å². The second-order valence-electron chi connectivity index (χ2n) is 7.53. The highest BCUT2D eigenvalue weighted by molar-refractivity contribution is 6.31. The Morgan fingerprint density at radius 3 is 2.48 bits per heavy atom. The molecule has 6 nitrogen and oxygen atoms in total. The number of H-pyrrole nitrogens is 1. The number of hydrogen-bond donors (Lipinski definition) is 2. The van der Waals surface area contributed by atoms with Crippen LogP contribution in [-0.4, -0.2) is 33.1 Å². The van der Waals surface area contributed by atoms with Gasteiger partial charge >= 0.3 is 0 Å². The second-order valence-corrected chi connectivity index (χ2v) is 7.94. The summed E-state index contributed by atoms with van der Waals surface area (Å²) in [6.07, 6.45) is 2.87. The van der Waals surface area contributed by atoms with Crippen molar-refractivity contribution in [1.82, 2.24) is 15.0 Å². The van der Waals surface area contributed by atoms with Crippen LogP contribution < -0.4 is 10.5 Å². The molecule has 1 aromatic carbocycles. The monoisotopic (exact) mass is 410 g/mol. The summed E-state index contributed by atoms with van der Waals surface area (Å²) in [7, 11) is 0. The molecule has 1 aliphatic rings. The van der Waals surface area contributed by atoms with Gasteiger partial charge in [-0.25, -0.2) is 9.97 Å². The van der Waals surface area contributed by atoms with E-state index in [-0.39, 0.29) is 5.56 Å². The number of aliphatic hydroxyl groups is 1. The summed E-state index contributed by atoms with van der Waals surface area (Å²) < 4.78 is 0. The zero-order valence-corrected chi connectivity index (χ0v) is 17.2. The lowest BCUT2D eigenvalue weighted by atomic mass is 9.84. The molecule has 7 heteroatoms. The topological polar surface area (TPSA) is 82.1 Å². The number of aromatic nitrogens is 3. The van der Waals surface area contributed by atoms with Gasteiger partial charge in [0.25, 0.3) is 5.56 Å². The number of hydrogen-bond acceptors (Lipinski definition) is 5. The third-order valence-electron chi connectivity index (χ3n) is 5.71. The molecule has 2 aromatic heterocycles. The van der Waals surface area contributed by atoms with Crippen molar-refractivity contribution in [3.05, 3.63) is 74.8 Å². The Bertz CT molecular complexity index is 1090. The smallest absolute Gasteiger partial charge is 0.254 e. The Balaban J connectivity index is 1.50. The van der Waals surface area contributed by atoms with E-state index in [9.17, 15) is 9.90 Å². The highest BCUT2D eigenvalue weighted by Gasteiger charge is 2.35. The number of aryl methyl sites for hydroxylation is 1. The van der Waals surface area contributed by atoms with E-state index in [1.54, 1.807) is 13.1 Å². The zero-order chi connectivity index (χ0) is 20.6. The first-order valence-electron chi connectivity index (χ1n) is 9.64. The lowest BCUT2D eigenvalue weighted by Gasteiger charge is -2.39. The summed E-state index contributed by atoms with van der Waals surface area (Å²) >= 11 is 6.29. The van der Waals surface area contributed by atoms with Gasteiger partial charge in [0.15, 0.2) is 0 Å². The van der Waals surface area contributed by atoms with E-state index in [0.717, 1.165) is 16.9 Å². The first kappa shape index (κ1) is 19.6. The number of halogens is 1. The van der Waals surface area contributed by atoms with E-state index in [1.165, 1.54) is 0 Å². The Morgan fingerprint density at radius 2 is 1.86 bits per heavy atom. The maximum absolute atomic E-state index is 12.0. The molecule has 0 spiro atoms. The first-order valence-corrected chi connectivity index (χ1v) is 10.0. The molecule has 3 aromatic rings. The molecule has 4 rings (SSSR count). The van der Waals surface area contributed by atoms with Crippen molar-refractivity contribution in [2.24, 2.45) is 0 Å². The lowest BCUT2D eigenvalue weighted by Crippen LogP contribution is -2.43. The Labute approximate surface area is 174 Å². The number of aromatic amines is 1. The van der Waals surface area contributed by atoms with E-state index >= 15 is 0 Å². The number of nitrogens with one attached hydrogen (secondary N) is 1. The summed E-state index contributed by atoms with van der Waals surface area (Å²) in [6, 6.07) is 11.3. The van der Waals surface area contributed by atoms with Crippen LogP contribution in [0.5, 0.6) is 0 Å². The molecular formula is C22H23ClN4O2. The molecule has 29 heavy (non-hydrogen) atoms. The Morgan fingerprint density at radius 1 is 1.14 bits per heavy atom. The molecule has 150 valence electrons. The molecule has 3 heterocycles. The Hall–Kier alpha value is -2.70. The van der Waals surface area contributed by atoms with Gasteiger partial charge in [-0.3, -0.25) is 4.79 Å². The van der Waals surface area contributed by atoms with E-state index in [1.807, 2.05) is 43.3 Å². The fourth-order valence-corrected chi connectivity index (χ4v) is 4.02. The van der Waals surface area contributed by atoms with Gasteiger partial charge in [0, 0.05) is 46.7 Å². The predicted octanol–water partition coefficient (Wildman–Crippen LogP) is 3.59. The SMILES string of the molecule is Cc1nc(-c2ccc(N3CCC(O)(c4ccccc4Cl)CC3)nc2)[nH]c(=O)c1C. The fraction of sp³-hybridized carbons (Fsp3) is 0.318. The summed E-state index contributed by atoms with van der Waals surface area (Å²) in [6.45, 7) is 4.93. The molecule has 0 radical (unpaired) electrons. The largest absolute Gasteiger partial charge is 0.385 e. The molecule has 1 fully saturated rings. The fourth-order valence-electron chi connectivity index (χ4n) is 3.71. The minimum Gasteiger partial charge on any atom is -0.385 e. The number of rotatable bonds is 3. The molecule has 0 saturated carbocycles. The van der Waals surface area contributed by atoms with Crippen molar-refractivity contribution in [3.63, 3.8) is 0 Å². The number of piperidine rings is 1. The van der Waals surface area contributed by atoms with Gasteiger partial charge in [-0.1, -0.05) is 29.8 Å². The van der Waals surface area contributed by atoms with Crippen LogP contribution in [0.1, 0.15) is 29.7 Å². The van der Waals surface area contributed by atoms with Gasteiger partial charge in [-0.2, -0.15) is 0 Å². The minimum atomic E-state index is -0.919. The van der Waals surface area contributed by atoms with Crippen molar-refractivity contribution in [2.75, 3.05) is 18.0 Å². The number of benzene rings is 1. The van der Waals surface area contributed by atoms with E-state index in [4.69, 9.17) is 11.6 Å². The van der Waals surface area contributed by atoms with Crippen LogP contribution in [0.15, 0.2) is 47.4 Å². The van der Waals surface area contributed by atoms with Crippen LogP contribution in [0, 0.1) is 13.8 Å². The maximum atomic E-state index is 12.0. The van der Waals surface area contributed by atoms with Crippen molar-refractivity contribution in [3.8, 4) is 11.4 Å². The quantitative estimate of drug-likeness (QED) is 0.689. The number of anilines is 1. The highest BCUT2D eigenvalue weighted by atomic mass is 35.5. The van der Waals surface area contributed by atoms with Crippen LogP contribution >= 0.6 is 11.6 Å². The van der Waals surface area contributed by atoms with Gasteiger partial charge in [0.1, 0.15) is 11.6 Å². The first-order chi connectivity index (χ1) is 13.9. The molecule has 0 atom stereocenters. The van der Waals surface area contributed by atoms with Gasteiger partial charge < -0.3 is 15.0 Å². The predicted molar refractivity (Wildman–Crippen MR) is 114 cm³/mol. The number of pyridine rings is 1. The standard InChI is InChI=1S/C22H23ClN4O2/c1-14-15(2)25-20(26-21(14)28)16-7-8-19(24-13-16)27-11-9-22(29,10-12-27)17-5-3-4-6-18(17)23/h3-8,13,29H,9-12H2,1-2H3,(H,25,26,28). The van der Waals surface area contributed by atoms with Crippen molar-refractivity contribution in [2.45, 2.75) is 32.3 Å². The summed E-state index contributed by atoms with van der Waals surface area (Å²) in [5.41, 5.74) is 1.83. The molecule has 2 N–H and O–H groups in total. The molecular weight excluding hydrogens is 388 g/mol. The molecule has 0 unspecified atom stereocenters. The normalized spacial score (nSPS) is 16.1. The van der Waals surface area contributed by atoms with Crippen molar-refractivity contribution >= 4 is 17.4 Å². The van der Waals surface area contributed by atoms with Crippen LogP contribution in [-0.2, 0) is 5.60 Å².